The molecule has 0 unspecified atom stereocenters. The number of nitrogens with one attached hydrogen (secondary N) is 1. The van der Waals surface area contributed by atoms with E-state index in [2.05, 4.69) is 29.4 Å². The van der Waals surface area contributed by atoms with E-state index in [-0.39, 0.29) is 30.7 Å². The van der Waals surface area contributed by atoms with Crippen molar-refractivity contribution in [1.29, 1.82) is 0 Å². The largest absolute Gasteiger partial charge is 0.339 e. The van der Waals surface area contributed by atoms with Crippen molar-refractivity contribution in [3.05, 3.63) is 41.1 Å². The van der Waals surface area contributed by atoms with E-state index in [1.54, 1.807) is 0 Å². The second kappa shape index (κ2) is 10.1. The minimum absolute atomic E-state index is 0. The third-order valence-corrected chi connectivity index (χ3v) is 5.10. The summed E-state index contributed by atoms with van der Waals surface area (Å²) in [6.07, 6.45) is 3.41. The fraction of sp³-hybridized carbons (Fsp3) is 0.500. The molecule has 0 bridgehead atoms. The number of carbonyl (C=O) groups is 1. The van der Waals surface area contributed by atoms with Gasteiger partial charge in [0.25, 0.3) is 5.91 Å². The van der Waals surface area contributed by atoms with Gasteiger partial charge in [0.2, 0.25) is 0 Å². The summed E-state index contributed by atoms with van der Waals surface area (Å²) in [5, 5.41) is 4.26. The number of rotatable bonds is 4. The maximum Gasteiger partial charge on any atom is 0.255 e. The maximum atomic E-state index is 12.9. The Kier molecular flexibility index (Phi) is 8.81. The highest BCUT2D eigenvalue weighted by atomic mass is 35.5. The van der Waals surface area contributed by atoms with Gasteiger partial charge in [-0.05, 0) is 70.8 Å². The lowest BCUT2D eigenvalue weighted by Gasteiger charge is -2.32. The molecule has 1 N–H and O–H groups in total. The predicted octanol–water partition coefficient (Wildman–Crippen LogP) is 4.16. The number of halogens is 2. The Bertz CT molecular complexity index is 743. The Morgan fingerprint density at radius 2 is 1.88 bits per heavy atom. The van der Waals surface area contributed by atoms with Crippen molar-refractivity contribution in [1.82, 2.24) is 15.2 Å². The zero-order valence-electron chi connectivity index (χ0n) is 15.7. The van der Waals surface area contributed by atoms with E-state index in [9.17, 15) is 4.79 Å². The first-order chi connectivity index (χ1) is 11.6. The third-order valence-electron chi connectivity index (χ3n) is 5.10. The van der Waals surface area contributed by atoms with Gasteiger partial charge in [0.15, 0.2) is 0 Å². The van der Waals surface area contributed by atoms with Crippen LogP contribution in [0.5, 0.6) is 0 Å². The first-order valence-corrected chi connectivity index (χ1v) is 8.90. The van der Waals surface area contributed by atoms with E-state index in [1.807, 2.05) is 31.0 Å². The molecule has 2 aromatic rings. The number of likely N-dealkylation sites (tertiary alicyclic amines) is 1. The molecule has 0 saturated carbocycles. The molecule has 6 heteroatoms. The van der Waals surface area contributed by atoms with Gasteiger partial charge < -0.3 is 10.2 Å². The average Bonchev–Trinajstić information content (AvgIpc) is 2.59. The van der Waals surface area contributed by atoms with Crippen LogP contribution < -0.4 is 5.32 Å². The molecule has 0 aliphatic carbocycles. The number of carbonyl (C=O) groups excluding carboxylic acids is 1. The van der Waals surface area contributed by atoms with Crippen LogP contribution in [0.4, 0.5) is 0 Å². The maximum absolute atomic E-state index is 12.9. The van der Waals surface area contributed by atoms with Crippen LogP contribution in [0, 0.1) is 19.8 Å². The van der Waals surface area contributed by atoms with E-state index >= 15 is 0 Å². The number of pyridine rings is 1. The standard InChI is InChI=1S/C20H27N3O.2ClH/c1-14-4-5-19-17(12-14)13-18(15(2)22-19)20(24)23-10-7-16(8-11-23)6-9-21-3;;/h4-5,12-13,16,21H,6-11H2,1-3H3;2*1H. The molecule has 1 fully saturated rings. The van der Waals surface area contributed by atoms with Gasteiger partial charge in [0, 0.05) is 18.5 Å². The summed E-state index contributed by atoms with van der Waals surface area (Å²) in [6.45, 7) is 6.78. The van der Waals surface area contributed by atoms with Crippen molar-refractivity contribution < 1.29 is 4.79 Å². The van der Waals surface area contributed by atoms with Crippen LogP contribution in [0.2, 0.25) is 0 Å². The summed E-state index contributed by atoms with van der Waals surface area (Å²) in [5.41, 5.74) is 3.73. The van der Waals surface area contributed by atoms with E-state index < -0.39 is 0 Å². The van der Waals surface area contributed by atoms with Crippen LogP contribution in [0.3, 0.4) is 0 Å². The van der Waals surface area contributed by atoms with Crippen LogP contribution in [-0.4, -0.2) is 42.5 Å². The fourth-order valence-corrected chi connectivity index (χ4v) is 3.55. The number of aryl methyl sites for hydroxylation is 2. The van der Waals surface area contributed by atoms with Crippen LogP contribution >= 0.6 is 24.8 Å². The molecule has 1 amide bonds. The van der Waals surface area contributed by atoms with Crippen molar-refractivity contribution in [2.75, 3.05) is 26.7 Å². The molecular formula is C20H29Cl2N3O. The lowest BCUT2D eigenvalue weighted by molar-refractivity contribution is 0.0686. The van der Waals surface area contributed by atoms with Crippen molar-refractivity contribution >= 4 is 41.6 Å². The smallest absolute Gasteiger partial charge is 0.255 e. The second-order valence-corrected chi connectivity index (χ2v) is 6.95. The molecule has 1 saturated heterocycles. The van der Waals surface area contributed by atoms with E-state index in [1.165, 1.54) is 12.0 Å². The molecule has 1 aromatic heterocycles. The normalized spacial score (nSPS) is 14.7. The van der Waals surface area contributed by atoms with Gasteiger partial charge in [0.1, 0.15) is 0 Å². The van der Waals surface area contributed by atoms with Crippen molar-refractivity contribution in [2.45, 2.75) is 33.1 Å². The van der Waals surface area contributed by atoms with Crippen molar-refractivity contribution in [3.8, 4) is 0 Å². The Morgan fingerprint density at radius 3 is 2.54 bits per heavy atom. The molecule has 2 heterocycles. The highest BCUT2D eigenvalue weighted by Gasteiger charge is 2.24. The van der Waals surface area contributed by atoms with E-state index in [4.69, 9.17) is 0 Å². The highest BCUT2D eigenvalue weighted by molar-refractivity contribution is 5.98. The Hall–Kier alpha value is -1.36. The SMILES string of the molecule is CNCCC1CCN(C(=O)c2cc3cc(C)ccc3nc2C)CC1.Cl.Cl. The number of benzene rings is 1. The van der Waals surface area contributed by atoms with Crippen molar-refractivity contribution in [3.63, 3.8) is 0 Å². The lowest BCUT2D eigenvalue weighted by Crippen LogP contribution is -2.39. The molecule has 3 rings (SSSR count). The molecule has 0 spiro atoms. The van der Waals surface area contributed by atoms with Crippen LogP contribution in [-0.2, 0) is 0 Å². The lowest BCUT2D eigenvalue weighted by atomic mass is 9.93. The highest BCUT2D eigenvalue weighted by Crippen LogP contribution is 2.24. The van der Waals surface area contributed by atoms with Gasteiger partial charge in [-0.2, -0.15) is 0 Å². The zero-order chi connectivity index (χ0) is 17.1. The number of nitrogens with zero attached hydrogens (tertiary/aromatic N) is 2. The first-order valence-electron chi connectivity index (χ1n) is 8.90. The number of piperidine rings is 1. The molecule has 1 aliphatic rings. The van der Waals surface area contributed by atoms with Gasteiger partial charge in [-0.15, -0.1) is 24.8 Å². The molecule has 1 aliphatic heterocycles. The molecule has 144 valence electrons. The number of hydrogen-bond acceptors (Lipinski definition) is 3. The number of hydrogen-bond donors (Lipinski definition) is 1. The van der Waals surface area contributed by atoms with Gasteiger partial charge in [-0.3, -0.25) is 9.78 Å². The number of aromatic nitrogens is 1. The average molecular weight is 398 g/mol. The summed E-state index contributed by atoms with van der Waals surface area (Å²) in [7, 11) is 2.00. The second-order valence-electron chi connectivity index (χ2n) is 6.95. The van der Waals surface area contributed by atoms with Gasteiger partial charge >= 0.3 is 0 Å². The predicted molar refractivity (Wildman–Crippen MR) is 113 cm³/mol. The quantitative estimate of drug-likeness (QED) is 0.841. The van der Waals surface area contributed by atoms with Gasteiger partial charge in [-0.25, -0.2) is 0 Å². The fourth-order valence-electron chi connectivity index (χ4n) is 3.55. The summed E-state index contributed by atoms with van der Waals surface area (Å²) in [5.74, 6) is 0.871. The molecule has 0 radical (unpaired) electrons. The number of amides is 1. The van der Waals surface area contributed by atoms with E-state index in [0.717, 1.165) is 60.6 Å². The van der Waals surface area contributed by atoms with Crippen molar-refractivity contribution in [2.24, 2.45) is 5.92 Å². The van der Waals surface area contributed by atoms with E-state index in [0.29, 0.717) is 0 Å². The summed E-state index contributed by atoms with van der Waals surface area (Å²) in [6, 6.07) is 8.20. The molecule has 26 heavy (non-hydrogen) atoms. The topological polar surface area (TPSA) is 45.2 Å². The summed E-state index contributed by atoms with van der Waals surface area (Å²) >= 11 is 0. The monoisotopic (exact) mass is 397 g/mol. The van der Waals surface area contributed by atoms with Gasteiger partial charge in [0.05, 0.1) is 16.8 Å². The van der Waals surface area contributed by atoms with Crippen LogP contribution in [0.25, 0.3) is 10.9 Å². The molecule has 0 atom stereocenters. The Balaban J connectivity index is 0.00000169. The molecule has 1 aromatic carbocycles. The zero-order valence-corrected chi connectivity index (χ0v) is 17.4. The minimum atomic E-state index is 0. The Morgan fingerprint density at radius 1 is 1.19 bits per heavy atom. The first kappa shape index (κ1) is 22.7. The number of fused-ring (bicyclic) bond motifs is 1. The van der Waals surface area contributed by atoms with Crippen LogP contribution in [0.1, 0.15) is 40.9 Å². The molecular weight excluding hydrogens is 369 g/mol. The minimum Gasteiger partial charge on any atom is -0.339 e. The van der Waals surface area contributed by atoms with Gasteiger partial charge in [-0.1, -0.05) is 11.6 Å². The summed E-state index contributed by atoms with van der Waals surface area (Å²) < 4.78 is 0. The molecule has 4 nitrogen and oxygen atoms in total. The Labute approximate surface area is 168 Å². The van der Waals surface area contributed by atoms with Crippen LogP contribution in [0.15, 0.2) is 24.3 Å². The third kappa shape index (κ3) is 5.09. The summed E-state index contributed by atoms with van der Waals surface area (Å²) in [4.78, 5) is 19.6.